The molecule has 100 valence electrons. The van der Waals surface area contributed by atoms with Crippen molar-refractivity contribution in [2.45, 2.75) is 26.5 Å². The Kier molecular flexibility index (Phi) is 5.95. The molecule has 4 nitrogen and oxygen atoms in total. The van der Waals surface area contributed by atoms with Gasteiger partial charge in [-0.2, -0.15) is 0 Å². The number of halogens is 1. The molecule has 0 saturated heterocycles. The van der Waals surface area contributed by atoms with Gasteiger partial charge < -0.3 is 15.4 Å². The number of nitrogens with one attached hydrogen (secondary N) is 2. The molecule has 0 fully saturated rings. The van der Waals surface area contributed by atoms with E-state index >= 15 is 0 Å². The van der Waals surface area contributed by atoms with Crippen LogP contribution in [0, 0.1) is 0 Å². The van der Waals surface area contributed by atoms with Crippen molar-refractivity contribution in [2.24, 2.45) is 0 Å². The second kappa shape index (κ2) is 7.24. The summed E-state index contributed by atoms with van der Waals surface area (Å²) in [6, 6.07) is 5.42. The number of benzene rings is 1. The summed E-state index contributed by atoms with van der Waals surface area (Å²) in [7, 11) is 1.83. The predicted molar refractivity (Wildman–Crippen MR) is 73.0 cm³/mol. The van der Waals surface area contributed by atoms with Gasteiger partial charge >= 0.3 is 0 Å². The van der Waals surface area contributed by atoms with Crippen LogP contribution in [0.25, 0.3) is 0 Å². The van der Waals surface area contributed by atoms with Crippen LogP contribution in [0.1, 0.15) is 19.4 Å². The van der Waals surface area contributed by atoms with Crippen LogP contribution in [0.5, 0.6) is 5.75 Å². The standard InChI is InChI=1S/C13H19ClN2O2/c1-4-16-13(17)9(2)18-12-7-5-6-11(14)10(12)8-15-3/h5-7,9,15H,4,8H2,1-3H3,(H,16,17). The molecular formula is C13H19ClN2O2. The molecule has 0 saturated carbocycles. The van der Waals surface area contributed by atoms with Crippen molar-refractivity contribution < 1.29 is 9.53 Å². The van der Waals surface area contributed by atoms with E-state index in [1.165, 1.54) is 0 Å². The van der Waals surface area contributed by atoms with Crippen LogP contribution in [0.15, 0.2) is 18.2 Å². The third-order valence-electron chi connectivity index (χ3n) is 2.45. The number of likely N-dealkylation sites (N-methyl/N-ethyl adjacent to an activating group) is 1. The van der Waals surface area contributed by atoms with E-state index in [9.17, 15) is 4.79 Å². The Balaban J connectivity index is 2.83. The Bertz CT molecular complexity index is 410. The number of carbonyl (C=O) groups excluding carboxylic acids is 1. The fourth-order valence-electron chi connectivity index (χ4n) is 1.56. The van der Waals surface area contributed by atoms with Gasteiger partial charge in [0.15, 0.2) is 6.10 Å². The van der Waals surface area contributed by atoms with E-state index in [1.807, 2.05) is 20.0 Å². The fraction of sp³-hybridized carbons (Fsp3) is 0.462. The van der Waals surface area contributed by atoms with Gasteiger partial charge in [-0.15, -0.1) is 0 Å². The van der Waals surface area contributed by atoms with E-state index in [-0.39, 0.29) is 5.91 Å². The second-order valence-electron chi connectivity index (χ2n) is 3.90. The summed E-state index contributed by atoms with van der Waals surface area (Å²) in [4.78, 5) is 11.6. The van der Waals surface area contributed by atoms with Gasteiger partial charge in [0.2, 0.25) is 0 Å². The summed E-state index contributed by atoms with van der Waals surface area (Å²) < 4.78 is 5.66. The molecule has 0 aliphatic rings. The number of hydrogen-bond donors (Lipinski definition) is 2. The SMILES string of the molecule is CCNC(=O)C(C)Oc1cccc(Cl)c1CNC. The molecule has 0 spiro atoms. The van der Waals surface area contributed by atoms with Crippen LogP contribution in [-0.4, -0.2) is 25.6 Å². The number of amides is 1. The summed E-state index contributed by atoms with van der Waals surface area (Å²) in [5.74, 6) is 0.503. The van der Waals surface area contributed by atoms with Crippen molar-refractivity contribution in [1.29, 1.82) is 0 Å². The van der Waals surface area contributed by atoms with E-state index in [4.69, 9.17) is 16.3 Å². The van der Waals surface area contributed by atoms with Crippen molar-refractivity contribution in [1.82, 2.24) is 10.6 Å². The molecule has 18 heavy (non-hydrogen) atoms. The van der Waals surface area contributed by atoms with Crippen molar-refractivity contribution in [2.75, 3.05) is 13.6 Å². The molecule has 1 aromatic rings. The lowest BCUT2D eigenvalue weighted by Crippen LogP contribution is -2.36. The van der Waals surface area contributed by atoms with Crippen LogP contribution < -0.4 is 15.4 Å². The molecule has 1 amide bonds. The van der Waals surface area contributed by atoms with E-state index in [2.05, 4.69) is 10.6 Å². The predicted octanol–water partition coefficient (Wildman–Crippen LogP) is 1.96. The third kappa shape index (κ3) is 3.89. The van der Waals surface area contributed by atoms with Crippen molar-refractivity contribution in [3.05, 3.63) is 28.8 Å². The Hall–Kier alpha value is -1.26. The van der Waals surface area contributed by atoms with Gasteiger partial charge in [0.1, 0.15) is 5.75 Å². The average Bonchev–Trinajstić information content (AvgIpc) is 2.34. The van der Waals surface area contributed by atoms with Gasteiger partial charge in [-0.05, 0) is 33.0 Å². The van der Waals surface area contributed by atoms with Crippen molar-refractivity contribution in [3.63, 3.8) is 0 Å². The first-order valence-electron chi connectivity index (χ1n) is 5.96. The quantitative estimate of drug-likeness (QED) is 0.831. The molecule has 0 aliphatic heterocycles. The first-order chi connectivity index (χ1) is 8.60. The van der Waals surface area contributed by atoms with E-state index in [0.717, 1.165) is 5.56 Å². The molecular weight excluding hydrogens is 252 g/mol. The van der Waals surface area contributed by atoms with Crippen molar-refractivity contribution in [3.8, 4) is 5.75 Å². The van der Waals surface area contributed by atoms with Crippen LogP contribution in [-0.2, 0) is 11.3 Å². The normalized spacial score (nSPS) is 12.0. The van der Waals surface area contributed by atoms with Gasteiger partial charge in [-0.25, -0.2) is 0 Å². The van der Waals surface area contributed by atoms with Gasteiger partial charge in [0.25, 0.3) is 5.91 Å². The Morgan fingerprint density at radius 1 is 1.50 bits per heavy atom. The molecule has 0 heterocycles. The summed E-state index contributed by atoms with van der Waals surface area (Å²) in [6.07, 6.45) is -0.543. The maximum atomic E-state index is 11.6. The minimum absolute atomic E-state index is 0.132. The summed E-state index contributed by atoms with van der Waals surface area (Å²) in [6.45, 7) is 4.77. The average molecular weight is 271 g/mol. The Labute approximate surface area is 113 Å². The van der Waals surface area contributed by atoms with E-state index in [0.29, 0.717) is 23.9 Å². The highest BCUT2D eigenvalue weighted by Gasteiger charge is 2.16. The highest BCUT2D eigenvalue weighted by atomic mass is 35.5. The highest BCUT2D eigenvalue weighted by molar-refractivity contribution is 6.31. The smallest absolute Gasteiger partial charge is 0.260 e. The number of hydrogen-bond acceptors (Lipinski definition) is 3. The molecule has 0 aliphatic carbocycles. The zero-order chi connectivity index (χ0) is 13.5. The Morgan fingerprint density at radius 3 is 2.83 bits per heavy atom. The minimum Gasteiger partial charge on any atom is -0.481 e. The number of rotatable bonds is 6. The lowest BCUT2D eigenvalue weighted by atomic mass is 10.2. The molecule has 2 N–H and O–H groups in total. The van der Waals surface area contributed by atoms with Gasteiger partial charge in [-0.1, -0.05) is 17.7 Å². The van der Waals surface area contributed by atoms with Crippen LogP contribution in [0.4, 0.5) is 0 Å². The molecule has 0 radical (unpaired) electrons. The molecule has 5 heteroatoms. The van der Waals surface area contributed by atoms with E-state index in [1.54, 1.807) is 19.1 Å². The first kappa shape index (κ1) is 14.8. The van der Waals surface area contributed by atoms with Crippen LogP contribution >= 0.6 is 11.6 Å². The zero-order valence-corrected chi connectivity index (χ0v) is 11.7. The third-order valence-corrected chi connectivity index (χ3v) is 2.81. The van der Waals surface area contributed by atoms with Gasteiger partial charge in [-0.3, -0.25) is 4.79 Å². The lowest BCUT2D eigenvalue weighted by molar-refractivity contribution is -0.127. The fourth-order valence-corrected chi connectivity index (χ4v) is 1.79. The molecule has 0 aromatic heterocycles. The topological polar surface area (TPSA) is 50.4 Å². The maximum Gasteiger partial charge on any atom is 0.260 e. The van der Waals surface area contributed by atoms with E-state index < -0.39 is 6.10 Å². The molecule has 1 unspecified atom stereocenters. The zero-order valence-electron chi connectivity index (χ0n) is 10.9. The number of carbonyl (C=O) groups is 1. The molecule has 1 aromatic carbocycles. The van der Waals surface area contributed by atoms with Crippen LogP contribution in [0.2, 0.25) is 5.02 Å². The van der Waals surface area contributed by atoms with Gasteiger partial charge in [0.05, 0.1) is 0 Å². The monoisotopic (exact) mass is 270 g/mol. The summed E-state index contributed by atoms with van der Waals surface area (Å²) >= 11 is 6.11. The van der Waals surface area contributed by atoms with Crippen molar-refractivity contribution >= 4 is 17.5 Å². The highest BCUT2D eigenvalue weighted by Crippen LogP contribution is 2.27. The lowest BCUT2D eigenvalue weighted by Gasteiger charge is -2.17. The maximum absolute atomic E-state index is 11.6. The summed E-state index contributed by atoms with van der Waals surface area (Å²) in [5.41, 5.74) is 0.859. The molecule has 0 bridgehead atoms. The molecule has 1 rings (SSSR count). The molecule has 1 atom stereocenters. The minimum atomic E-state index is -0.543. The summed E-state index contributed by atoms with van der Waals surface area (Å²) in [5, 5.41) is 6.38. The van der Waals surface area contributed by atoms with Crippen LogP contribution in [0.3, 0.4) is 0 Å². The number of ether oxygens (including phenoxy) is 1. The Morgan fingerprint density at radius 2 is 2.22 bits per heavy atom. The first-order valence-corrected chi connectivity index (χ1v) is 6.34. The second-order valence-corrected chi connectivity index (χ2v) is 4.31. The van der Waals surface area contributed by atoms with Gasteiger partial charge in [0, 0.05) is 23.7 Å². The largest absolute Gasteiger partial charge is 0.481 e.